The van der Waals surface area contributed by atoms with Gasteiger partial charge in [0.15, 0.2) is 0 Å². The molecule has 0 radical (unpaired) electrons. The van der Waals surface area contributed by atoms with Crippen LogP contribution in [0.5, 0.6) is 0 Å². The first-order valence-electron chi connectivity index (χ1n) is 8.76. The van der Waals surface area contributed by atoms with E-state index in [-0.39, 0.29) is 5.56 Å². The molecule has 0 amide bonds. The minimum atomic E-state index is -0.460. The van der Waals surface area contributed by atoms with Gasteiger partial charge in [0.05, 0.1) is 26.6 Å². The topological polar surface area (TPSA) is 44.0 Å². The standard InChI is InChI=1S/C22H12Cl2N2O2S/c23-16-10-9-14(12-17(16)24)25-18-7-3-2-6-15(18)21(27)26(22(25)28)20-11-13-5-1-4-8-19(13)29-20/h1-12H. The fourth-order valence-electron chi connectivity index (χ4n) is 3.41. The summed E-state index contributed by atoms with van der Waals surface area (Å²) >= 11 is 13.6. The van der Waals surface area contributed by atoms with Crippen molar-refractivity contribution in [2.75, 3.05) is 0 Å². The van der Waals surface area contributed by atoms with Crippen LogP contribution in [0.15, 0.2) is 82.4 Å². The van der Waals surface area contributed by atoms with Gasteiger partial charge in [0, 0.05) is 4.70 Å². The van der Waals surface area contributed by atoms with Gasteiger partial charge in [-0.3, -0.25) is 9.36 Å². The summed E-state index contributed by atoms with van der Waals surface area (Å²) in [5.74, 6) is 0. The van der Waals surface area contributed by atoms with Gasteiger partial charge in [-0.15, -0.1) is 11.3 Å². The molecule has 7 heteroatoms. The van der Waals surface area contributed by atoms with Crippen molar-refractivity contribution in [2.45, 2.75) is 0 Å². The van der Waals surface area contributed by atoms with Gasteiger partial charge in [0.25, 0.3) is 5.56 Å². The second-order valence-corrected chi connectivity index (χ2v) is 8.37. The molecule has 0 bridgehead atoms. The lowest BCUT2D eigenvalue weighted by Gasteiger charge is -2.14. The van der Waals surface area contributed by atoms with E-state index in [1.54, 1.807) is 42.5 Å². The maximum Gasteiger partial charge on any atom is 0.341 e. The monoisotopic (exact) mass is 438 g/mol. The van der Waals surface area contributed by atoms with E-state index in [1.165, 1.54) is 20.5 Å². The fraction of sp³-hybridized carbons (Fsp3) is 0. The van der Waals surface area contributed by atoms with Crippen LogP contribution >= 0.6 is 34.5 Å². The van der Waals surface area contributed by atoms with Crippen LogP contribution in [0.3, 0.4) is 0 Å². The van der Waals surface area contributed by atoms with Crippen molar-refractivity contribution in [1.29, 1.82) is 0 Å². The van der Waals surface area contributed by atoms with Gasteiger partial charge in [0.2, 0.25) is 0 Å². The number of halogens is 2. The number of hydrogen-bond acceptors (Lipinski definition) is 3. The van der Waals surface area contributed by atoms with E-state index >= 15 is 0 Å². The number of hydrogen-bond donors (Lipinski definition) is 0. The van der Waals surface area contributed by atoms with Gasteiger partial charge >= 0.3 is 5.69 Å². The maximum atomic E-state index is 13.5. The summed E-state index contributed by atoms with van der Waals surface area (Å²) in [4.78, 5) is 26.8. The van der Waals surface area contributed by atoms with Gasteiger partial charge in [-0.25, -0.2) is 9.36 Å². The summed E-state index contributed by atoms with van der Waals surface area (Å²) in [7, 11) is 0. The molecular formula is C22H12Cl2N2O2S. The third-order valence-electron chi connectivity index (χ3n) is 4.76. The van der Waals surface area contributed by atoms with Crippen LogP contribution in [0, 0.1) is 0 Å². The summed E-state index contributed by atoms with van der Waals surface area (Å²) in [5, 5.41) is 2.72. The van der Waals surface area contributed by atoms with Gasteiger partial charge in [0.1, 0.15) is 5.00 Å². The van der Waals surface area contributed by atoms with Crippen LogP contribution in [-0.2, 0) is 0 Å². The number of para-hydroxylation sites is 1. The van der Waals surface area contributed by atoms with Gasteiger partial charge in [-0.05, 0) is 47.9 Å². The normalized spacial score (nSPS) is 11.4. The molecule has 5 rings (SSSR count). The SMILES string of the molecule is O=c1c2ccccc2n(-c2ccc(Cl)c(Cl)c2)c(=O)n1-c1cc2ccccc2s1. The molecule has 4 nitrogen and oxygen atoms in total. The molecule has 0 saturated carbocycles. The maximum absolute atomic E-state index is 13.5. The molecule has 0 unspecified atom stereocenters. The number of fused-ring (bicyclic) bond motifs is 2. The Hall–Kier alpha value is -2.86. The van der Waals surface area contributed by atoms with Crippen molar-refractivity contribution in [3.05, 3.63) is 104 Å². The third kappa shape index (κ3) is 2.90. The first-order chi connectivity index (χ1) is 14.0. The summed E-state index contributed by atoms with van der Waals surface area (Å²) in [6.45, 7) is 0. The van der Waals surface area contributed by atoms with Crippen LogP contribution in [0.25, 0.3) is 31.7 Å². The van der Waals surface area contributed by atoms with Crippen LogP contribution in [0.1, 0.15) is 0 Å². The summed E-state index contributed by atoms with van der Waals surface area (Å²) in [6.07, 6.45) is 0. The van der Waals surface area contributed by atoms with Crippen LogP contribution in [-0.4, -0.2) is 9.13 Å². The van der Waals surface area contributed by atoms with Crippen LogP contribution < -0.4 is 11.2 Å². The van der Waals surface area contributed by atoms with E-state index in [9.17, 15) is 9.59 Å². The zero-order chi connectivity index (χ0) is 20.1. The Balaban J connectivity index is 1.92. The Labute approximate surface area is 178 Å². The summed E-state index contributed by atoms with van der Waals surface area (Å²) in [5.41, 5.74) is 0.237. The highest BCUT2D eigenvalue weighted by Crippen LogP contribution is 2.28. The number of rotatable bonds is 2. The van der Waals surface area contributed by atoms with E-state index in [0.717, 1.165) is 10.1 Å². The molecule has 0 aliphatic heterocycles. The molecule has 0 atom stereocenters. The van der Waals surface area contributed by atoms with Gasteiger partial charge < -0.3 is 0 Å². The highest BCUT2D eigenvalue weighted by molar-refractivity contribution is 7.21. The van der Waals surface area contributed by atoms with E-state index < -0.39 is 5.69 Å². The molecule has 0 aliphatic carbocycles. The first-order valence-corrected chi connectivity index (χ1v) is 10.3. The molecule has 2 heterocycles. The molecule has 2 aromatic heterocycles. The molecule has 0 saturated heterocycles. The highest BCUT2D eigenvalue weighted by atomic mass is 35.5. The smallest absolute Gasteiger partial charge is 0.268 e. The Kier molecular flexibility index (Phi) is 4.32. The lowest BCUT2D eigenvalue weighted by atomic mass is 10.2. The van der Waals surface area contributed by atoms with E-state index in [1.807, 2.05) is 30.3 Å². The third-order valence-corrected chi connectivity index (χ3v) is 6.60. The number of nitrogens with zero attached hydrogens (tertiary/aromatic N) is 2. The van der Waals surface area contributed by atoms with Crippen LogP contribution in [0.2, 0.25) is 10.0 Å². The lowest BCUT2D eigenvalue weighted by molar-refractivity contribution is 0.845. The zero-order valence-electron chi connectivity index (χ0n) is 14.8. The first kappa shape index (κ1) is 18.2. The van der Waals surface area contributed by atoms with Crippen molar-refractivity contribution in [3.8, 4) is 10.7 Å². The summed E-state index contributed by atoms with van der Waals surface area (Å²) in [6, 6.07) is 21.6. The predicted octanol–water partition coefficient (Wildman–Crippen LogP) is 5.66. The van der Waals surface area contributed by atoms with Crippen molar-refractivity contribution in [2.24, 2.45) is 0 Å². The van der Waals surface area contributed by atoms with Crippen molar-refractivity contribution < 1.29 is 0 Å². The lowest BCUT2D eigenvalue weighted by Crippen LogP contribution is -2.37. The quantitative estimate of drug-likeness (QED) is 0.356. The number of thiophene rings is 1. The zero-order valence-corrected chi connectivity index (χ0v) is 17.1. The number of aromatic nitrogens is 2. The van der Waals surface area contributed by atoms with Crippen molar-refractivity contribution in [1.82, 2.24) is 9.13 Å². The minimum absolute atomic E-state index is 0.333. The average molecular weight is 439 g/mol. The molecule has 5 aromatic rings. The predicted molar refractivity (Wildman–Crippen MR) is 121 cm³/mol. The fourth-order valence-corrected chi connectivity index (χ4v) is 4.75. The summed E-state index contributed by atoms with van der Waals surface area (Å²) < 4.78 is 3.71. The Morgan fingerprint density at radius 2 is 1.52 bits per heavy atom. The molecule has 142 valence electrons. The largest absolute Gasteiger partial charge is 0.341 e. The molecule has 3 aromatic carbocycles. The molecule has 0 N–H and O–H groups in total. The van der Waals surface area contributed by atoms with Gasteiger partial charge in [-0.1, -0.05) is 53.5 Å². The second-order valence-electron chi connectivity index (χ2n) is 6.50. The Morgan fingerprint density at radius 1 is 0.759 bits per heavy atom. The second kappa shape index (κ2) is 6.88. The molecule has 0 spiro atoms. The molecule has 0 aliphatic rings. The van der Waals surface area contributed by atoms with E-state index in [0.29, 0.717) is 31.6 Å². The molecule has 29 heavy (non-hydrogen) atoms. The van der Waals surface area contributed by atoms with E-state index in [2.05, 4.69) is 0 Å². The number of benzene rings is 3. The van der Waals surface area contributed by atoms with E-state index in [4.69, 9.17) is 23.2 Å². The molecular weight excluding hydrogens is 427 g/mol. The Bertz CT molecular complexity index is 1500. The Morgan fingerprint density at radius 3 is 2.31 bits per heavy atom. The van der Waals surface area contributed by atoms with Crippen molar-refractivity contribution in [3.63, 3.8) is 0 Å². The molecule has 0 fully saturated rings. The average Bonchev–Trinajstić information content (AvgIpc) is 3.14. The minimum Gasteiger partial charge on any atom is -0.268 e. The highest BCUT2D eigenvalue weighted by Gasteiger charge is 2.17. The van der Waals surface area contributed by atoms with Crippen LogP contribution in [0.4, 0.5) is 0 Å². The van der Waals surface area contributed by atoms with Crippen molar-refractivity contribution >= 4 is 55.5 Å². The van der Waals surface area contributed by atoms with Gasteiger partial charge in [-0.2, -0.15) is 0 Å².